The molecule has 0 saturated heterocycles. The zero-order chi connectivity index (χ0) is 15.1. The van der Waals surface area contributed by atoms with Crippen LogP contribution in [0.2, 0.25) is 0 Å². The molecule has 0 aliphatic carbocycles. The highest BCUT2D eigenvalue weighted by Crippen LogP contribution is 2.24. The first kappa shape index (κ1) is 15.0. The van der Waals surface area contributed by atoms with Crippen LogP contribution in [0.4, 0.5) is 0 Å². The zero-order valence-electron chi connectivity index (χ0n) is 12.7. The summed E-state index contributed by atoms with van der Waals surface area (Å²) in [6.07, 6.45) is 5.10. The van der Waals surface area contributed by atoms with Crippen molar-refractivity contribution in [2.24, 2.45) is 0 Å². The van der Waals surface area contributed by atoms with Gasteiger partial charge < -0.3 is 4.42 Å². The van der Waals surface area contributed by atoms with E-state index in [-0.39, 0.29) is 5.92 Å². The molecule has 1 atom stereocenters. The predicted molar refractivity (Wildman–Crippen MR) is 85.0 cm³/mol. The number of rotatable bonds is 3. The molecule has 1 aromatic carbocycles. The van der Waals surface area contributed by atoms with Gasteiger partial charge in [0.15, 0.2) is 6.39 Å². The molecule has 0 aliphatic heterocycles. The average molecular weight is 280 g/mol. The predicted octanol–water partition coefficient (Wildman–Crippen LogP) is 4.91. The maximum absolute atomic E-state index is 5.33. The van der Waals surface area contributed by atoms with Gasteiger partial charge in [0.05, 0.1) is 11.9 Å². The molecule has 1 unspecified atom stereocenters. The summed E-state index contributed by atoms with van der Waals surface area (Å²) < 4.78 is 5.33. The molecule has 3 nitrogen and oxygen atoms in total. The normalized spacial score (nSPS) is 11.4. The lowest BCUT2D eigenvalue weighted by Gasteiger charge is -2.08. The number of benzene rings is 1. The van der Waals surface area contributed by atoms with Gasteiger partial charge in [-0.3, -0.25) is 4.98 Å². The van der Waals surface area contributed by atoms with Gasteiger partial charge in [0, 0.05) is 17.7 Å². The van der Waals surface area contributed by atoms with Crippen LogP contribution < -0.4 is 0 Å². The highest BCUT2D eigenvalue weighted by atomic mass is 16.3. The fourth-order valence-electron chi connectivity index (χ4n) is 2.04. The number of oxazole rings is 1. The van der Waals surface area contributed by atoms with Gasteiger partial charge >= 0.3 is 0 Å². The van der Waals surface area contributed by atoms with Crippen LogP contribution in [-0.2, 0) is 0 Å². The minimum Gasteiger partial charge on any atom is -0.448 e. The van der Waals surface area contributed by atoms with Gasteiger partial charge in [-0.25, -0.2) is 4.98 Å². The molecule has 3 aromatic rings. The Bertz CT molecular complexity index is 631. The Balaban J connectivity index is 0.000000774. The fourth-order valence-corrected chi connectivity index (χ4v) is 2.04. The van der Waals surface area contributed by atoms with E-state index in [4.69, 9.17) is 4.42 Å². The van der Waals surface area contributed by atoms with E-state index in [2.05, 4.69) is 35.1 Å². The minimum absolute atomic E-state index is 0.167. The van der Waals surface area contributed by atoms with Crippen molar-refractivity contribution >= 4 is 0 Å². The lowest BCUT2D eigenvalue weighted by atomic mass is 10.00. The second-order valence-electron chi connectivity index (χ2n) is 4.47. The second-order valence-corrected chi connectivity index (χ2v) is 4.47. The van der Waals surface area contributed by atoms with Crippen LogP contribution >= 0.6 is 0 Å². The highest BCUT2D eigenvalue weighted by molar-refractivity contribution is 5.58. The van der Waals surface area contributed by atoms with E-state index in [9.17, 15) is 0 Å². The van der Waals surface area contributed by atoms with E-state index in [1.807, 2.05) is 44.3 Å². The molecule has 2 heterocycles. The number of aromatic nitrogens is 2. The molecule has 0 N–H and O–H groups in total. The maximum Gasteiger partial charge on any atom is 0.180 e. The lowest BCUT2D eigenvalue weighted by Crippen LogP contribution is -1.95. The van der Waals surface area contributed by atoms with Crippen molar-refractivity contribution in [2.75, 3.05) is 0 Å². The van der Waals surface area contributed by atoms with E-state index >= 15 is 0 Å². The number of hydrogen-bond donors (Lipinski definition) is 0. The average Bonchev–Trinajstić information content (AvgIpc) is 3.11. The first-order chi connectivity index (χ1) is 10.3. The number of nitrogens with zero attached hydrogens (tertiary/aromatic N) is 2. The fraction of sp³-hybridized carbons (Fsp3) is 0.222. The van der Waals surface area contributed by atoms with Gasteiger partial charge in [-0.1, -0.05) is 57.2 Å². The quantitative estimate of drug-likeness (QED) is 0.684. The van der Waals surface area contributed by atoms with Gasteiger partial charge in [0.2, 0.25) is 0 Å². The van der Waals surface area contributed by atoms with Crippen LogP contribution in [0.3, 0.4) is 0 Å². The zero-order valence-corrected chi connectivity index (χ0v) is 12.7. The van der Waals surface area contributed by atoms with E-state index in [1.54, 1.807) is 6.20 Å². The van der Waals surface area contributed by atoms with Crippen molar-refractivity contribution in [3.05, 3.63) is 72.6 Å². The first-order valence-electron chi connectivity index (χ1n) is 7.24. The van der Waals surface area contributed by atoms with Crippen LogP contribution in [0.5, 0.6) is 0 Å². The Kier molecular flexibility index (Phi) is 5.27. The van der Waals surface area contributed by atoms with Gasteiger partial charge in [0.1, 0.15) is 5.76 Å². The third kappa shape index (κ3) is 3.57. The van der Waals surface area contributed by atoms with E-state index in [0.717, 1.165) is 22.6 Å². The van der Waals surface area contributed by atoms with Crippen molar-refractivity contribution in [3.63, 3.8) is 0 Å². The molecule has 0 spiro atoms. The van der Waals surface area contributed by atoms with Crippen molar-refractivity contribution in [1.29, 1.82) is 0 Å². The molecule has 0 saturated carbocycles. The Morgan fingerprint density at radius 3 is 2.29 bits per heavy atom. The third-order valence-corrected chi connectivity index (χ3v) is 3.23. The molecule has 2 aromatic heterocycles. The van der Waals surface area contributed by atoms with Crippen LogP contribution in [0.1, 0.15) is 38.0 Å². The number of hydrogen-bond acceptors (Lipinski definition) is 3. The maximum atomic E-state index is 5.33. The van der Waals surface area contributed by atoms with Gasteiger partial charge in [-0.2, -0.15) is 0 Å². The highest BCUT2D eigenvalue weighted by Gasteiger charge is 2.12. The summed E-state index contributed by atoms with van der Waals surface area (Å²) in [6.45, 7) is 6.08. The summed E-state index contributed by atoms with van der Waals surface area (Å²) >= 11 is 0. The Hall–Kier alpha value is -2.42. The summed E-state index contributed by atoms with van der Waals surface area (Å²) in [7, 11) is 0. The van der Waals surface area contributed by atoms with Gasteiger partial charge in [0.25, 0.3) is 0 Å². The van der Waals surface area contributed by atoms with Crippen molar-refractivity contribution in [2.45, 2.75) is 26.7 Å². The number of pyridine rings is 1. The monoisotopic (exact) mass is 280 g/mol. The Labute approximate surface area is 125 Å². The summed E-state index contributed by atoms with van der Waals surface area (Å²) in [5, 5.41) is 0. The first-order valence-corrected chi connectivity index (χ1v) is 7.24. The van der Waals surface area contributed by atoms with E-state index in [0.29, 0.717) is 0 Å². The summed E-state index contributed by atoms with van der Waals surface area (Å²) in [6, 6.07) is 14.3. The molecular weight excluding hydrogens is 260 g/mol. The standard InChI is InChI=1S/C16H14N2O.C2H6/c1-12(16-10-17-11-19-16)14-7-8-15(18-9-14)13-5-3-2-4-6-13;1-2/h2-12H,1H3;1-2H3. The van der Waals surface area contributed by atoms with Gasteiger partial charge in [-0.05, 0) is 11.6 Å². The summed E-state index contributed by atoms with van der Waals surface area (Å²) in [5.74, 6) is 1.02. The molecule has 0 amide bonds. The van der Waals surface area contributed by atoms with Crippen molar-refractivity contribution in [3.8, 4) is 11.3 Å². The van der Waals surface area contributed by atoms with E-state index < -0.39 is 0 Å². The largest absolute Gasteiger partial charge is 0.448 e. The van der Waals surface area contributed by atoms with Crippen molar-refractivity contribution < 1.29 is 4.42 Å². The van der Waals surface area contributed by atoms with Crippen LogP contribution in [0, 0.1) is 0 Å². The molecular formula is C18H20N2O. The molecule has 3 heteroatoms. The summed E-state index contributed by atoms with van der Waals surface area (Å²) in [4.78, 5) is 8.46. The summed E-state index contributed by atoms with van der Waals surface area (Å²) in [5.41, 5.74) is 3.23. The van der Waals surface area contributed by atoms with Crippen LogP contribution in [0.25, 0.3) is 11.3 Å². The minimum atomic E-state index is 0.167. The third-order valence-electron chi connectivity index (χ3n) is 3.23. The molecule has 0 bridgehead atoms. The van der Waals surface area contributed by atoms with Gasteiger partial charge in [-0.15, -0.1) is 0 Å². The molecule has 3 rings (SSSR count). The SMILES string of the molecule is CC.CC(c1ccc(-c2ccccc2)nc1)c1cnco1. The van der Waals surface area contributed by atoms with E-state index in [1.165, 1.54) is 6.39 Å². The van der Waals surface area contributed by atoms with Crippen LogP contribution in [-0.4, -0.2) is 9.97 Å². The molecule has 0 fully saturated rings. The molecule has 0 aliphatic rings. The topological polar surface area (TPSA) is 38.9 Å². The smallest absolute Gasteiger partial charge is 0.180 e. The molecule has 108 valence electrons. The Morgan fingerprint density at radius 2 is 1.71 bits per heavy atom. The van der Waals surface area contributed by atoms with Crippen LogP contribution in [0.15, 0.2) is 65.7 Å². The molecule has 0 radical (unpaired) electrons. The Morgan fingerprint density at radius 1 is 0.952 bits per heavy atom. The van der Waals surface area contributed by atoms with Crippen molar-refractivity contribution in [1.82, 2.24) is 9.97 Å². The lowest BCUT2D eigenvalue weighted by molar-refractivity contribution is 0.490. The second kappa shape index (κ2) is 7.39. The molecule has 21 heavy (non-hydrogen) atoms.